The van der Waals surface area contributed by atoms with Crippen molar-refractivity contribution in [3.05, 3.63) is 121 Å². The van der Waals surface area contributed by atoms with Crippen LogP contribution in [0.4, 0.5) is 0 Å². The highest BCUT2D eigenvalue weighted by Crippen LogP contribution is 2.24. The number of rotatable bonds is 16. The third-order valence-corrected chi connectivity index (χ3v) is 6.50. The van der Waals surface area contributed by atoms with Gasteiger partial charge in [0.15, 0.2) is 0 Å². The molecule has 0 N–H and O–H groups in total. The maximum absolute atomic E-state index is 12.3. The quantitative estimate of drug-likeness (QED) is 0.0922. The Hall–Kier alpha value is -5.70. The molecule has 0 aliphatic heterocycles. The van der Waals surface area contributed by atoms with E-state index in [1.165, 1.54) is 30.3 Å². The molecule has 244 valence electrons. The molecule has 0 spiro atoms. The van der Waals surface area contributed by atoms with Crippen molar-refractivity contribution < 1.29 is 42.9 Å². The van der Waals surface area contributed by atoms with E-state index in [1.54, 1.807) is 26.8 Å². The summed E-state index contributed by atoms with van der Waals surface area (Å²) in [5.41, 5.74) is 3.62. The van der Waals surface area contributed by atoms with Gasteiger partial charge >= 0.3 is 23.9 Å². The van der Waals surface area contributed by atoms with Crippen molar-refractivity contribution >= 4 is 30.0 Å². The molecule has 0 aliphatic carbocycles. The van der Waals surface area contributed by atoms with Crippen molar-refractivity contribution in [2.45, 2.75) is 27.2 Å². The molecule has 0 aromatic heterocycles. The summed E-state index contributed by atoms with van der Waals surface area (Å²) >= 11 is 0. The van der Waals surface area contributed by atoms with Crippen LogP contribution in [0.5, 0.6) is 17.2 Å². The average Bonchev–Trinajstić information content (AvgIpc) is 3.05. The van der Waals surface area contributed by atoms with Crippen molar-refractivity contribution in [3.63, 3.8) is 0 Å². The van der Waals surface area contributed by atoms with E-state index >= 15 is 0 Å². The van der Waals surface area contributed by atoms with Crippen molar-refractivity contribution in [3.8, 4) is 28.4 Å². The summed E-state index contributed by atoms with van der Waals surface area (Å²) in [6.45, 7) is 15.8. The maximum atomic E-state index is 12.3. The second-order valence-electron chi connectivity index (χ2n) is 10.8. The number of carbonyl (C=O) groups excluding carboxylic acids is 4. The molecular formula is C38H38O9. The SMILES string of the molecule is C=C(C)C(=O)OCC(CCOc1ccc(-c2ccc(/C=C/C(=O)Oc3ccc(OC(=O)C(=C)C)cc3)cc2)cc1)COC(=O)C(=C)C. The normalized spacial score (nSPS) is 10.6. The third kappa shape index (κ3) is 12.3. The summed E-state index contributed by atoms with van der Waals surface area (Å²) in [5.74, 6) is -1.07. The number of esters is 4. The van der Waals surface area contributed by atoms with Crippen LogP contribution in [-0.4, -0.2) is 43.7 Å². The van der Waals surface area contributed by atoms with Gasteiger partial charge in [0, 0.05) is 28.7 Å². The van der Waals surface area contributed by atoms with Gasteiger partial charge in [0.2, 0.25) is 0 Å². The first-order valence-corrected chi connectivity index (χ1v) is 14.8. The van der Waals surface area contributed by atoms with Crippen LogP contribution in [0.2, 0.25) is 0 Å². The number of hydrogen-bond acceptors (Lipinski definition) is 9. The van der Waals surface area contributed by atoms with Crippen LogP contribution in [-0.2, 0) is 28.7 Å². The van der Waals surface area contributed by atoms with E-state index in [2.05, 4.69) is 19.7 Å². The van der Waals surface area contributed by atoms with Gasteiger partial charge in [0.1, 0.15) is 17.2 Å². The first-order chi connectivity index (χ1) is 22.4. The zero-order valence-corrected chi connectivity index (χ0v) is 26.8. The van der Waals surface area contributed by atoms with E-state index in [0.717, 1.165) is 16.7 Å². The van der Waals surface area contributed by atoms with E-state index in [0.29, 0.717) is 30.3 Å². The molecule has 47 heavy (non-hydrogen) atoms. The van der Waals surface area contributed by atoms with E-state index < -0.39 is 23.9 Å². The molecule has 0 amide bonds. The predicted molar refractivity (Wildman–Crippen MR) is 179 cm³/mol. The summed E-state index contributed by atoms with van der Waals surface area (Å²) in [7, 11) is 0. The van der Waals surface area contributed by atoms with Crippen LogP contribution >= 0.6 is 0 Å². The number of ether oxygens (including phenoxy) is 5. The summed E-state index contributed by atoms with van der Waals surface area (Å²) in [6, 6.07) is 21.3. The lowest BCUT2D eigenvalue weighted by Crippen LogP contribution is -2.23. The van der Waals surface area contributed by atoms with Crippen molar-refractivity contribution in [1.29, 1.82) is 0 Å². The fourth-order valence-corrected chi connectivity index (χ4v) is 3.81. The molecule has 3 rings (SSSR count). The van der Waals surface area contributed by atoms with Crippen molar-refractivity contribution in [2.24, 2.45) is 5.92 Å². The minimum Gasteiger partial charge on any atom is -0.494 e. The highest BCUT2D eigenvalue weighted by molar-refractivity contribution is 5.90. The zero-order valence-electron chi connectivity index (χ0n) is 26.8. The van der Waals surface area contributed by atoms with Crippen molar-refractivity contribution in [1.82, 2.24) is 0 Å². The first kappa shape index (κ1) is 35.8. The molecule has 9 nitrogen and oxygen atoms in total. The Bertz CT molecular complexity index is 1600. The Morgan fingerprint density at radius 1 is 0.617 bits per heavy atom. The van der Waals surface area contributed by atoms with Crippen LogP contribution in [0.3, 0.4) is 0 Å². The molecule has 3 aromatic rings. The van der Waals surface area contributed by atoms with Gasteiger partial charge < -0.3 is 23.7 Å². The fraction of sp³-hybridized carbons (Fsp3) is 0.211. The maximum Gasteiger partial charge on any atom is 0.338 e. The number of carbonyl (C=O) groups is 4. The largest absolute Gasteiger partial charge is 0.494 e. The molecule has 0 saturated carbocycles. The Morgan fingerprint density at radius 3 is 1.55 bits per heavy atom. The fourth-order valence-electron chi connectivity index (χ4n) is 3.81. The molecule has 0 saturated heterocycles. The van der Waals surface area contributed by atoms with Crippen LogP contribution in [0, 0.1) is 5.92 Å². The van der Waals surface area contributed by atoms with E-state index in [-0.39, 0.29) is 35.9 Å². The van der Waals surface area contributed by atoms with Gasteiger partial charge in [-0.25, -0.2) is 19.2 Å². The van der Waals surface area contributed by atoms with Gasteiger partial charge in [0.05, 0.1) is 19.8 Å². The van der Waals surface area contributed by atoms with E-state index in [4.69, 9.17) is 23.7 Å². The monoisotopic (exact) mass is 638 g/mol. The minimum absolute atomic E-state index is 0.0635. The molecule has 9 heteroatoms. The van der Waals surface area contributed by atoms with Gasteiger partial charge in [0.25, 0.3) is 0 Å². The molecular weight excluding hydrogens is 600 g/mol. The van der Waals surface area contributed by atoms with Gasteiger partial charge in [-0.05, 0) is 86.4 Å². The Morgan fingerprint density at radius 2 is 1.06 bits per heavy atom. The number of benzene rings is 3. The molecule has 0 fully saturated rings. The van der Waals surface area contributed by atoms with Gasteiger partial charge in [-0.15, -0.1) is 0 Å². The van der Waals surface area contributed by atoms with Gasteiger partial charge in [-0.2, -0.15) is 0 Å². The van der Waals surface area contributed by atoms with Crippen LogP contribution < -0.4 is 14.2 Å². The second-order valence-corrected chi connectivity index (χ2v) is 10.8. The highest BCUT2D eigenvalue weighted by Gasteiger charge is 2.16. The standard InChI is InChI=1S/C38H38O9/c1-25(2)36(40)44-23-29(24-45-37(41)26(3)4)21-22-43-32-14-12-31(13-15-32)30-10-7-28(8-11-30)9-20-35(39)46-33-16-18-34(19-17-33)47-38(42)27(5)6/h7-20,29H,1,3,5,21-24H2,2,4,6H3/b20-9+. The lowest BCUT2D eigenvalue weighted by molar-refractivity contribution is -0.144. The molecule has 3 aromatic carbocycles. The molecule has 0 unspecified atom stereocenters. The van der Waals surface area contributed by atoms with E-state index in [1.807, 2.05) is 48.5 Å². The second kappa shape index (κ2) is 17.7. The van der Waals surface area contributed by atoms with Crippen LogP contribution in [0.1, 0.15) is 32.8 Å². The first-order valence-electron chi connectivity index (χ1n) is 14.8. The lowest BCUT2D eigenvalue weighted by atomic mass is 10.0. The van der Waals surface area contributed by atoms with Gasteiger partial charge in [-0.1, -0.05) is 56.1 Å². The summed E-state index contributed by atoms with van der Waals surface area (Å²) in [6.07, 6.45) is 3.46. The minimum atomic E-state index is -0.552. The number of hydrogen-bond donors (Lipinski definition) is 0. The summed E-state index contributed by atoms with van der Waals surface area (Å²) < 4.78 is 26.8. The topological polar surface area (TPSA) is 114 Å². The highest BCUT2D eigenvalue weighted by atomic mass is 16.6. The van der Waals surface area contributed by atoms with E-state index in [9.17, 15) is 19.2 Å². The molecule has 0 atom stereocenters. The summed E-state index contributed by atoms with van der Waals surface area (Å²) in [4.78, 5) is 47.5. The van der Waals surface area contributed by atoms with Crippen LogP contribution in [0.15, 0.2) is 115 Å². The van der Waals surface area contributed by atoms with Crippen LogP contribution in [0.25, 0.3) is 17.2 Å². The Labute approximate surface area is 274 Å². The molecule has 0 radical (unpaired) electrons. The van der Waals surface area contributed by atoms with Gasteiger partial charge in [-0.3, -0.25) is 0 Å². The summed E-state index contributed by atoms with van der Waals surface area (Å²) in [5, 5.41) is 0. The Balaban J connectivity index is 1.49. The third-order valence-electron chi connectivity index (χ3n) is 6.50. The smallest absolute Gasteiger partial charge is 0.338 e. The predicted octanol–water partition coefficient (Wildman–Crippen LogP) is 7.08. The molecule has 0 bridgehead atoms. The lowest BCUT2D eigenvalue weighted by Gasteiger charge is -2.18. The zero-order chi connectivity index (χ0) is 34.3. The van der Waals surface area contributed by atoms with Crippen molar-refractivity contribution in [2.75, 3.05) is 19.8 Å². The molecule has 0 aliphatic rings. The molecule has 0 heterocycles. The Kier molecular flexibility index (Phi) is 13.5. The average molecular weight is 639 g/mol.